The van der Waals surface area contributed by atoms with E-state index in [0.717, 1.165) is 30.3 Å². The summed E-state index contributed by atoms with van der Waals surface area (Å²) in [6, 6.07) is 11.2. The molecule has 28 heavy (non-hydrogen) atoms. The minimum Gasteiger partial charge on any atom is -0.488 e. The highest BCUT2D eigenvalue weighted by atomic mass is 19.4. The number of rotatable bonds is 5. The normalized spacial score (nSPS) is 14.7. The summed E-state index contributed by atoms with van der Waals surface area (Å²) in [4.78, 5) is 4.23. The van der Waals surface area contributed by atoms with Crippen LogP contribution in [0.15, 0.2) is 47.0 Å². The van der Waals surface area contributed by atoms with E-state index in [4.69, 9.17) is 9.26 Å². The minimum absolute atomic E-state index is 0.0454. The summed E-state index contributed by atoms with van der Waals surface area (Å²) in [7, 11) is 0. The van der Waals surface area contributed by atoms with E-state index in [1.807, 2.05) is 31.2 Å². The second-order valence-electron chi connectivity index (χ2n) is 6.79. The first-order chi connectivity index (χ1) is 13.4. The maximum Gasteiger partial charge on any atom is 0.419 e. The Bertz CT molecular complexity index is 964. The van der Waals surface area contributed by atoms with Gasteiger partial charge in [0.25, 0.3) is 0 Å². The lowest BCUT2D eigenvalue weighted by atomic mass is 10.0. The summed E-state index contributed by atoms with van der Waals surface area (Å²) < 4.78 is 51.3. The quantitative estimate of drug-likeness (QED) is 0.704. The Morgan fingerprint density at radius 3 is 2.54 bits per heavy atom. The summed E-state index contributed by atoms with van der Waals surface area (Å²) >= 11 is 0. The lowest BCUT2D eigenvalue weighted by Crippen LogP contribution is -2.40. The van der Waals surface area contributed by atoms with Crippen LogP contribution in [0.4, 0.5) is 13.2 Å². The van der Waals surface area contributed by atoms with E-state index in [1.165, 1.54) is 12.1 Å². The highest BCUT2D eigenvalue weighted by Gasteiger charge is 2.35. The lowest BCUT2D eigenvalue weighted by Gasteiger charge is -2.22. The van der Waals surface area contributed by atoms with Crippen molar-refractivity contribution in [2.75, 3.05) is 13.1 Å². The van der Waals surface area contributed by atoms with Crippen molar-refractivity contribution in [2.45, 2.75) is 25.6 Å². The molecule has 146 valence electrons. The number of alkyl halides is 3. The topological polar surface area (TPSA) is 60.2 Å². The van der Waals surface area contributed by atoms with Gasteiger partial charge in [-0.3, -0.25) is 0 Å². The monoisotopic (exact) mass is 389 g/mol. The number of aromatic nitrogens is 2. The molecule has 3 aromatic rings. The van der Waals surface area contributed by atoms with Crippen molar-refractivity contribution in [3.8, 4) is 17.1 Å². The van der Waals surface area contributed by atoms with Gasteiger partial charge in [0.2, 0.25) is 11.7 Å². The van der Waals surface area contributed by atoms with Gasteiger partial charge in [0, 0.05) is 18.7 Å². The molecule has 0 atom stereocenters. The Kier molecular flexibility index (Phi) is 4.80. The summed E-state index contributed by atoms with van der Waals surface area (Å²) in [6.07, 6.45) is -4.57. The summed E-state index contributed by atoms with van der Waals surface area (Å²) in [5.74, 6) is 0.448. The molecule has 5 nitrogen and oxygen atoms in total. The molecule has 1 fully saturated rings. The maximum absolute atomic E-state index is 13.6. The summed E-state index contributed by atoms with van der Waals surface area (Å²) in [6.45, 7) is 3.43. The number of nitrogens with zero attached hydrogens (tertiary/aromatic N) is 2. The molecular formula is C20H18F3N3O2. The predicted octanol–water partition coefficient (Wildman–Crippen LogP) is 4.33. The van der Waals surface area contributed by atoms with E-state index >= 15 is 0 Å². The van der Waals surface area contributed by atoms with Crippen molar-refractivity contribution < 1.29 is 22.4 Å². The zero-order valence-electron chi connectivity index (χ0n) is 15.1. The van der Waals surface area contributed by atoms with Crippen LogP contribution < -0.4 is 10.1 Å². The van der Waals surface area contributed by atoms with Gasteiger partial charge in [-0.1, -0.05) is 35.0 Å². The van der Waals surface area contributed by atoms with Crippen molar-refractivity contribution in [3.63, 3.8) is 0 Å². The second-order valence-corrected chi connectivity index (χ2v) is 6.79. The molecule has 0 amide bonds. The zero-order chi connectivity index (χ0) is 19.7. The Balaban J connectivity index is 1.58. The number of halogens is 3. The zero-order valence-corrected chi connectivity index (χ0v) is 15.1. The number of nitrogens with one attached hydrogen (secondary N) is 1. The van der Waals surface area contributed by atoms with E-state index < -0.39 is 11.7 Å². The van der Waals surface area contributed by atoms with Crippen LogP contribution in [0.3, 0.4) is 0 Å². The molecule has 0 aliphatic carbocycles. The van der Waals surface area contributed by atoms with E-state index in [1.54, 1.807) is 0 Å². The third-order valence-electron chi connectivity index (χ3n) is 4.63. The van der Waals surface area contributed by atoms with Gasteiger partial charge in [0.05, 0.1) is 11.5 Å². The second kappa shape index (κ2) is 7.27. The van der Waals surface area contributed by atoms with E-state index in [-0.39, 0.29) is 29.7 Å². The Labute approximate surface area is 159 Å². The summed E-state index contributed by atoms with van der Waals surface area (Å²) in [5, 5.41) is 6.90. The van der Waals surface area contributed by atoms with Crippen molar-refractivity contribution in [1.29, 1.82) is 0 Å². The molecule has 2 heterocycles. The Morgan fingerprint density at radius 1 is 1.14 bits per heavy atom. The van der Waals surface area contributed by atoms with Crippen molar-refractivity contribution in [2.24, 2.45) is 0 Å². The number of hydrogen-bond donors (Lipinski definition) is 1. The average molecular weight is 389 g/mol. The molecule has 1 aromatic heterocycles. The molecule has 1 aliphatic heterocycles. The highest BCUT2D eigenvalue weighted by molar-refractivity contribution is 5.59. The van der Waals surface area contributed by atoms with Gasteiger partial charge >= 0.3 is 6.18 Å². The Morgan fingerprint density at radius 2 is 1.89 bits per heavy atom. The van der Waals surface area contributed by atoms with Crippen LogP contribution in [0, 0.1) is 6.92 Å². The Hall–Kier alpha value is -2.87. The standard InChI is InChI=1S/C20H18F3N3O2/c1-12-2-4-13(5-3-12)11-27-17-7-6-14(8-16(17)20(21,22)23)18-25-19(28-26-18)15-9-24-10-15/h2-8,15,24H,9-11H2,1H3. The van der Waals surface area contributed by atoms with E-state index in [0.29, 0.717) is 5.89 Å². The van der Waals surface area contributed by atoms with Crippen LogP contribution in [0.25, 0.3) is 11.4 Å². The van der Waals surface area contributed by atoms with Gasteiger partial charge in [-0.05, 0) is 30.7 Å². The SMILES string of the molecule is Cc1ccc(COc2ccc(-c3noc(C4CNC4)n3)cc2C(F)(F)F)cc1. The molecule has 4 rings (SSSR count). The molecule has 1 N–H and O–H groups in total. The third-order valence-corrected chi connectivity index (χ3v) is 4.63. The van der Waals surface area contributed by atoms with Gasteiger partial charge in [-0.2, -0.15) is 18.2 Å². The fraction of sp³-hybridized carbons (Fsp3) is 0.300. The predicted molar refractivity (Wildman–Crippen MR) is 95.9 cm³/mol. The molecule has 0 saturated carbocycles. The van der Waals surface area contributed by atoms with Crippen LogP contribution in [-0.2, 0) is 12.8 Å². The first-order valence-corrected chi connectivity index (χ1v) is 8.84. The molecule has 0 spiro atoms. The van der Waals surface area contributed by atoms with Gasteiger partial charge in [-0.15, -0.1) is 0 Å². The first kappa shape index (κ1) is 18.5. The molecule has 0 radical (unpaired) electrons. The highest BCUT2D eigenvalue weighted by Crippen LogP contribution is 2.39. The van der Waals surface area contributed by atoms with Crippen molar-refractivity contribution in [1.82, 2.24) is 15.5 Å². The molecule has 1 aliphatic rings. The fourth-order valence-electron chi connectivity index (χ4n) is 2.84. The maximum atomic E-state index is 13.6. The number of ether oxygens (including phenoxy) is 1. The molecule has 8 heteroatoms. The summed E-state index contributed by atoms with van der Waals surface area (Å²) in [5.41, 5.74) is 1.23. The van der Waals surface area contributed by atoms with Crippen LogP contribution in [0.5, 0.6) is 5.75 Å². The lowest BCUT2D eigenvalue weighted by molar-refractivity contribution is -0.139. The van der Waals surface area contributed by atoms with Gasteiger partial charge in [-0.25, -0.2) is 0 Å². The van der Waals surface area contributed by atoms with Gasteiger partial charge < -0.3 is 14.6 Å². The average Bonchev–Trinajstić information content (AvgIpc) is 3.08. The fourth-order valence-corrected chi connectivity index (χ4v) is 2.84. The van der Waals surface area contributed by atoms with Crippen LogP contribution in [0.2, 0.25) is 0 Å². The smallest absolute Gasteiger partial charge is 0.419 e. The van der Waals surface area contributed by atoms with Crippen LogP contribution in [-0.4, -0.2) is 23.2 Å². The van der Waals surface area contributed by atoms with Crippen molar-refractivity contribution >= 4 is 0 Å². The molecule has 1 saturated heterocycles. The largest absolute Gasteiger partial charge is 0.488 e. The number of benzene rings is 2. The van der Waals surface area contributed by atoms with Crippen molar-refractivity contribution in [3.05, 3.63) is 65.0 Å². The molecule has 2 aromatic carbocycles. The molecule has 0 unspecified atom stereocenters. The third kappa shape index (κ3) is 3.87. The van der Waals surface area contributed by atoms with E-state index in [9.17, 15) is 13.2 Å². The minimum atomic E-state index is -4.57. The van der Waals surface area contributed by atoms with Gasteiger partial charge in [0.1, 0.15) is 12.4 Å². The van der Waals surface area contributed by atoms with Crippen LogP contribution in [0.1, 0.15) is 28.5 Å². The number of hydrogen-bond acceptors (Lipinski definition) is 5. The van der Waals surface area contributed by atoms with Crippen LogP contribution >= 0.6 is 0 Å². The van der Waals surface area contributed by atoms with E-state index in [2.05, 4.69) is 15.5 Å². The molecular weight excluding hydrogens is 371 g/mol. The number of aryl methyl sites for hydroxylation is 1. The first-order valence-electron chi connectivity index (χ1n) is 8.84. The molecule has 0 bridgehead atoms. The van der Waals surface area contributed by atoms with Gasteiger partial charge in [0.15, 0.2) is 0 Å².